The number of benzene rings is 1. The average molecular weight is 244 g/mol. The van der Waals surface area contributed by atoms with Crippen LogP contribution >= 0.6 is 10.7 Å². The zero-order valence-corrected chi connectivity index (χ0v) is 9.93. The van der Waals surface area contributed by atoms with Crippen LogP contribution in [0.2, 0.25) is 0 Å². The molecule has 0 atom stereocenters. The van der Waals surface area contributed by atoms with Gasteiger partial charge in [-0.25, -0.2) is 8.42 Å². The number of hydrogen-bond acceptors (Lipinski definition) is 3. The van der Waals surface area contributed by atoms with Gasteiger partial charge in [-0.2, -0.15) is 5.26 Å². The minimum atomic E-state index is -3.73. The van der Waals surface area contributed by atoms with E-state index >= 15 is 0 Å². The molecular weight excluding hydrogens is 234 g/mol. The van der Waals surface area contributed by atoms with E-state index in [4.69, 9.17) is 15.9 Å². The summed E-state index contributed by atoms with van der Waals surface area (Å²) in [4.78, 5) is 0.0185. The van der Waals surface area contributed by atoms with Gasteiger partial charge in [0.25, 0.3) is 9.05 Å². The van der Waals surface area contributed by atoms with Crippen LogP contribution in [0.1, 0.15) is 19.4 Å². The van der Waals surface area contributed by atoms with Crippen molar-refractivity contribution in [2.75, 3.05) is 0 Å². The SMILES string of the molecule is CC(C)(C#N)c1cccc(S(=O)(=O)Cl)c1. The summed E-state index contributed by atoms with van der Waals surface area (Å²) in [5, 5.41) is 8.91. The van der Waals surface area contributed by atoms with Crippen LogP contribution in [-0.2, 0) is 14.5 Å². The molecule has 0 N–H and O–H groups in total. The maximum absolute atomic E-state index is 11.1. The lowest BCUT2D eigenvalue weighted by Gasteiger charge is -2.15. The van der Waals surface area contributed by atoms with E-state index < -0.39 is 14.5 Å². The third-order valence-electron chi connectivity index (χ3n) is 2.12. The first kappa shape index (κ1) is 12.0. The molecule has 0 unspecified atom stereocenters. The summed E-state index contributed by atoms with van der Waals surface area (Å²) >= 11 is 0. The monoisotopic (exact) mass is 243 g/mol. The Morgan fingerprint density at radius 1 is 1.40 bits per heavy atom. The van der Waals surface area contributed by atoms with Crippen LogP contribution in [0.15, 0.2) is 29.2 Å². The van der Waals surface area contributed by atoms with Gasteiger partial charge in [-0.05, 0) is 31.5 Å². The van der Waals surface area contributed by atoms with Crippen molar-refractivity contribution in [3.63, 3.8) is 0 Å². The van der Waals surface area contributed by atoms with Gasteiger partial charge in [-0.15, -0.1) is 0 Å². The topological polar surface area (TPSA) is 57.9 Å². The van der Waals surface area contributed by atoms with E-state index in [1.54, 1.807) is 26.0 Å². The highest BCUT2D eigenvalue weighted by molar-refractivity contribution is 8.13. The van der Waals surface area contributed by atoms with E-state index in [-0.39, 0.29) is 4.90 Å². The zero-order chi connectivity index (χ0) is 11.7. The fraction of sp³-hybridized carbons (Fsp3) is 0.300. The molecule has 0 aliphatic carbocycles. The number of nitrogens with zero attached hydrogens (tertiary/aromatic N) is 1. The third kappa shape index (κ3) is 2.71. The molecule has 1 aromatic carbocycles. The van der Waals surface area contributed by atoms with Gasteiger partial charge in [0.2, 0.25) is 0 Å². The van der Waals surface area contributed by atoms with Gasteiger partial charge in [0, 0.05) is 10.7 Å². The molecule has 0 saturated carbocycles. The van der Waals surface area contributed by atoms with Crippen molar-refractivity contribution in [3.05, 3.63) is 29.8 Å². The first-order chi connectivity index (χ1) is 6.77. The summed E-state index contributed by atoms with van der Waals surface area (Å²) in [6.45, 7) is 3.43. The maximum atomic E-state index is 11.1. The standard InChI is InChI=1S/C10H10ClNO2S/c1-10(2,7-12)8-4-3-5-9(6-8)15(11,13)14/h3-6H,1-2H3. The molecule has 0 fully saturated rings. The van der Waals surface area contributed by atoms with Gasteiger partial charge in [-0.1, -0.05) is 12.1 Å². The van der Waals surface area contributed by atoms with Crippen LogP contribution in [0.25, 0.3) is 0 Å². The highest BCUT2D eigenvalue weighted by Gasteiger charge is 2.21. The van der Waals surface area contributed by atoms with Gasteiger partial charge in [0.15, 0.2) is 0 Å². The van der Waals surface area contributed by atoms with Crippen molar-refractivity contribution in [1.82, 2.24) is 0 Å². The van der Waals surface area contributed by atoms with Crippen LogP contribution in [0, 0.1) is 11.3 Å². The fourth-order valence-corrected chi connectivity index (χ4v) is 1.90. The molecule has 0 heterocycles. The summed E-state index contributed by atoms with van der Waals surface area (Å²) in [6, 6.07) is 8.20. The van der Waals surface area contributed by atoms with E-state index in [2.05, 4.69) is 6.07 Å². The Labute approximate surface area is 93.7 Å². The van der Waals surface area contributed by atoms with Gasteiger partial charge in [0.1, 0.15) is 0 Å². The van der Waals surface area contributed by atoms with Crippen LogP contribution in [-0.4, -0.2) is 8.42 Å². The second kappa shape index (κ2) is 3.84. The molecule has 5 heteroatoms. The molecule has 0 bridgehead atoms. The summed E-state index contributed by atoms with van der Waals surface area (Å²) in [5.41, 5.74) is -0.0934. The molecule has 80 valence electrons. The molecule has 0 spiro atoms. The molecule has 0 aromatic heterocycles. The largest absolute Gasteiger partial charge is 0.261 e. The predicted molar refractivity (Wildman–Crippen MR) is 58.1 cm³/mol. The Hall–Kier alpha value is -1.05. The highest BCUT2D eigenvalue weighted by atomic mass is 35.7. The Morgan fingerprint density at radius 3 is 2.47 bits per heavy atom. The average Bonchev–Trinajstić information content (AvgIpc) is 2.17. The minimum Gasteiger partial charge on any atom is -0.207 e. The molecular formula is C10H10ClNO2S. The lowest BCUT2D eigenvalue weighted by Crippen LogP contribution is -2.14. The Kier molecular flexibility index (Phi) is 3.08. The van der Waals surface area contributed by atoms with Gasteiger partial charge in [0.05, 0.1) is 16.4 Å². The second-order valence-electron chi connectivity index (χ2n) is 3.70. The lowest BCUT2D eigenvalue weighted by atomic mass is 9.86. The van der Waals surface area contributed by atoms with Crippen molar-refractivity contribution in [2.24, 2.45) is 0 Å². The molecule has 0 aliphatic heterocycles. The molecule has 0 amide bonds. The molecule has 1 aromatic rings. The van der Waals surface area contributed by atoms with Gasteiger partial charge >= 0.3 is 0 Å². The number of nitriles is 1. The predicted octanol–water partition coefficient (Wildman–Crippen LogP) is 2.42. The summed E-state index contributed by atoms with van der Waals surface area (Å²) in [5.74, 6) is 0. The fourth-order valence-electron chi connectivity index (χ4n) is 1.10. The maximum Gasteiger partial charge on any atom is 0.261 e. The van der Waals surface area contributed by atoms with Crippen molar-refractivity contribution in [3.8, 4) is 6.07 Å². The normalized spacial score (nSPS) is 12.1. The number of hydrogen-bond donors (Lipinski definition) is 0. The smallest absolute Gasteiger partial charge is 0.207 e. The van der Waals surface area contributed by atoms with Crippen molar-refractivity contribution in [1.29, 1.82) is 5.26 Å². The van der Waals surface area contributed by atoms with Crippen LogP contribution in [0.3, 0.4) is 0 Å². The minimum absolute atomic E-state index is 0.0185. The molecule has 15 heavy (non-hydrogen) atoms. The van der Waals surface area contributed by atoms with E-state index in [1.165, 1.54) is 12.1 Å². The first-order valence-electron chi connectivity index (χ1n) is 4.24. The van der Waals surface area contributed by atoms with Crippen molar-refractivity contribution < 1.29 is 8.42 Å². The Morgan fingerprint density at radius 2 is 2.00 bits per heavy atom. The molecule has 3 nitrogen and oxygen atoms in total. The van der Waals surface area contributed by atoms with Crippen molar-refractivity contribution in [2.45, 2.75) is 24.2 Å². The zero-order valence-electron chi connectivity index (χ0n) is 8.36. The third-order valence-corrected chi connectivity index (χ3v) is 3.47. The summed E-state index contributed by atoms with van der Waals surface area (Å²) < 4.78 is 22.2. The molecule has 0 radical (unpaired) electrons. The first-order valence-corrected chi connectivity index (χ1v) is 6.55. The molecule has 0 aliphatic rings. The lowest BCUT2D eigenvalue weighted by molar-refractivity contribution is 0.608. The summed E-state index contributed by atoms with van der Waals surface area (Å²) in [7, 11) is 1.48. The van der Waals surface area contributed by atoms with Crippen LogP contribution in [0.4, 0.5) is 0 Å². The molecule has 0 saturated heterocycles. The Bertz CT molecular complexity index is 514. The van der Waals surface area contributed by atoms with E-state index in [0.29, 0.717) is 5.56 Å². The van der Waals surface area contributed by atoms with Crippen LogP contribution < -0.4 is 0 Å². The van der Waals surface area contributed by atoms with E-state index in [0.717, 1.165) is 0 Å². The summed E-state index contributed by atoms with van der Waals surface area (Å²) in [6.07, 6.45) is 0. The van der Waals surface area contributed by atoms with E-state index in [9.17, 15) is 8.42 Å². The second-order valence-corrected chi connectivity index (χ2v) is 6.27. The van der Waals surface area contributed by atoms with E-state index in [1.807, 2.05) is 0 Å². The number of halogens is 1. The van der Waals surface area contributed by atoms with Crippen molar-refractivity contribution >= 4 is 19.7 Å². The molecule has 1 rings (SSSR count). The highest BCUT2D eigenvalue weighted by Crippen LogP contribution is 2.25. The van der Waals surface area contributed by atoms with Gasteiger partial charge < -0.3 is 0 Å². The van der Waals surface area contributed by atoms with Gasteiger partial charge in [-0.3, -0.25) is 0 Å². The number of rotatable bonds is 2. The Balaban J connectivity index is 3.34. The van der Waals surface area contributed by atoms with Crippen LogP contribution in [0.5, 0.6) is 0 Å². The quantitative estimate of drug-likeness (QED) is 0.750.